The van der Waals surface area contributed by atoms with Gasteiger partial charge < -0.3 is 11.1 Å². The van der Waals surface area contributed by atoms with Crippen LogP contribution in [0.5, 0.6) is 0 Å². The van der Waals surface area contributed by atoms with Crippen LogP contribution in [0.3, 0.4) is 0 Å². The van der Waals surface area contributed by atoms with E-state index in [1.165, 1.54) is 12.4 Å². The zero-order chi connectivity index (χ0) is 12.3. The van der Waals surface area contributed by atoms with E-state index in [0.29, 0.717) is 0 Å². The van der Waals surface area contributed by atoms with Crippen molar-refractivity contribution in [1.82, 2.24) is 15.2 Å². The fourth-order valence-corrected chi connectivity index (χ4v) is 1.24. The van der Waals surface area contributed by atoms with E-state index < -0.39 is 11.8 Å². The van der Waals surface area contributed by atoms with Crippen LogP contribution in [0, 0.1) is 0 Å². The number of amides is 2. The molecule has 0 aliphatic carbocycles. The highest BCUT2D eigenvalue weighted by Crippen LogP contribution is 2.10. The number of nitrogens with two attached hydrogens (primary N) is 1. The van der Waals surface area contributed by atoms with Crippen molar-refractivity contribution in [1.29, 1.82) is 0 Å². The molecule has 7 heteroatoms. The van der Waals surface area contributed by atoms with Crippen LogP contribution in [0.25, 0.3) is 0 Å². The van der Waals surface area contributed by atoms with E-state index in [4.69, 9.17) is 5.73 Å². The van der Waals surface area contributed by atoms with Crippen molar-refractivity contribution >= 4 is 17.6 Å². The molecule has 0 saturated heterocycles. The third-order valence-electron chi connectivity index (χ3n) is 2.04. The number of primary amides is 1. The van der Waals surface area contributed by atoms with E-state index in [0.717, 1.165) is 0 Å². The third-order valence-corrected chi connectivity index (χ3v) is 2.04. The molecule has 86 valence electrons. The second kappa shape index (κ2) is 4.44. The number of rotatable bonds is 3. The molecule has 0 bridgehead atoms. The molecule has 0 radical (unpaired) electrons. The number of carbonyl (C=O) groups excluding carboxylic acids is 2. The predicted molar refractivity (Wildman–Crippen MR) is 59.3 cm³/mol. The molecular formula is C10H9N5O2. The molecule has 0 spiro atoms. The van der Waals surface area contributed by atoms with Gasteiger partial charge in [-0.15, -0.1) is 0 Å². The lowest BCUT2D eigenvalue weighted by Crippen LogP contribution is -2.18. The average Bonchev–Trinajstić information content (AvgIpc) is 2.78. The third kappa shape index (κ3) is 2.28. The van der Waals surface area contributed by atoms with Gasteiger partial charge in [0, 0.05) is 6.20 Å². The molecule has 0 unspecified atom stereocenters. The fourth-order valence-electron chi connectivity index (χ4n) is 1.24. The lowest BCUT2D eigenvalue weighted by molar-refractivity contribution is 0.100. The number of nitrogens with zero attached hydrogens (tertiary/aromatic N) is 2. The van der Waals surface area contributed by atoms with Gasteiger partial charge in [-0.25, -0.2) is 0 Å². The summed E-state index contributed by atoms with van der Waals surface area (Å²) in [4.78, 5) is 26.6. The van der Waals surface area contributed by atoms with E-state index in [-0.39, 0.29) is 17.1 Å². The molecule has 4 N–H and O–H groups in total. The molecule has 17 heavy (non-hydrogen) atoms. The summed E-state index contributed by atoms with van der Waals surface area (Å²) in [5, 5.41) is 8.57. The molecule has 2 rings (SSSR count). The van der Waals surface area contributed by atoms with Gasteiger partial charge in [0.2, 0.25) is 0 Å². The largest absolute Gasteiger partial charge is 0.365 e. The number of anilines is 1. The van der Waals surface area contributed by atoms with E-state index in [2.05, 4.69) is 20.5 Å². The van der Waals surface area contributed by atoms with Crippen LogP contribution in [0.15, 0.2) is 30.6 Å². The van der Waals surface area contributed by atoms with Crippen molar-refractivity contribution in [3.63, 3.8) is 0 Å². The average molecular weight is 231 g/mol. The SMILES string of the molecule is NC(=O)c1cn[nH]c1NC(=O)c1ccccn1. The first-order valence-corrected chi connectivity index (χ1v) is 4.74. The molecule has 0 atom stereocenters. The summed E-state index contributed by atoms with van der Waals surface area (Å²) in [5.74, 6) is -0.958. The molecule has 0 aromatic carbocycles. The smallest absolute Gasteiger partial charge is 0.275 e. The van der Waals surface area contributed by atoms with Gasteiger partial charge in [-0.2, -0.15) is 5.10 Å². The van der Waals surface area contributed by atoms with Gasteiger partial charge in [0.25, 0.3) is 11.8 Å². The maximum atomic E-state index is 11.7. The summed E-state index contributed by atoms with van der Waals surface area (Å²) in [7, 11) is 0. The van der Waals surface area contributed by atoms with Gasteiger partial charge >= 0.3 is 0 Å². The second-order valence-electron chi connectivity index (χ2n) is 3.19. The standard InChI is InChI=1S/C10H9N5O2/c11-8(16)6-5-13-15-9(6)14-10(17)7-3-1-2-4-12-7/h1-5H,(H2,11,16)(H2,13,14,15,17). The highest BCUT2D eigenvalue weighted by Gasteiger charge is 2.14. The van der Waals surface area contributed by atoms with Crippen LogP contribution >= 0.6 is 0 Å². The molecule has 2 amide bonds. The molecule has 0 aliphatic rings. The zero-order valence-corrected chi connectivity index (χ0v) is 8.68. The summed E-state index contributed by atoms with van der Waals surface area (Å²) in [6.07, 6.45) is 2.74. The fraction of sp³-hybridized carbons (Fsp3) is 0. The highest BCUT2D eigenvalue weighted by atomic mass is 16.2. The Balaban J connectivity index is 2.19. The summed E-state index contributed by atoms with van der Waals surface area (Å²) in [6, 6.07) is 4.93. The predicted octanol–water partition coefficient (Wildman–Crippen LogP) is 0.156. The van der Waals surface area contributed by atoms with Gasteiger partial charge in [-0.05, 0) is 12.1 Å². The Labute approximate surface area is 96.0 Å². The summed E-state index contributed by atoms with van der Waals surface area (Å²) in [5.41, 5.74) is 5.46. The summed E-state index contributed by atoms with van der Waals surface area (Å²) >= 11 is 0. The minimum absolute atomic E-state index is 0.120. The zero-order valence-electron chi connectivity index (χ0n) is 8.68. The first kappa shape index (κ1) is 10.8. The quantitative estimate of drug-likeness (QED) is 0.697. The van der Waals surface area contributed by atoms with Crippen LogP contribution in [-0.4, -0.2) is 27.0 Å². The molecule has 2 aromatic rings. The number of aromatic nitrogens is 3. The van der Waals surface area contributed by atoms with Crippen LogP contribution < -0.4 is 11.1 Å². The van der Waals surface area contributed by atoms with Gasteiger partial charge in [0.15, 0.2) is 0 Å². The maximum absolute atomic E-state index is 11.7. The van der Waals surface area contributed by atoms with Crippen LogP contribution in [0.1, 0.15) is 20.8 Å². The van der Waals surface area contributed by atoms with Gasteiger partial charge in [-0.1, -0.05) is 6.07 Å². The summed E-state index contributed by atoms with van der Waals surface area (Å²) in [6.45, 7) is 0. The van der Waals surface area contributed by atoms with E-state index in [1.54, 1.807) is 18.2 Å². The van der Waals surface area contributed by atoms with Crippen LogP contribution in [0.4, 0.5) is 5.82 Å². The Morgan fingerprint density at radius 1 is 1.35 bits per heavy atom. The number of hydrogen-bond acceptors (Lipinski definition) is 4. The molecular weight excluding hydrogens is 222 g/mol. The molecule has 0 fully saturated rings. The minimum Gasteiger partial charge on any atom is -0.365 e. The van der Waals surface area contributed by atoms with Crippen molar-refractivity contribution in [2.45, 2.75) is 0 Å². The first-order valence-electron chi connectivity index (χ1n) is 4.74. The molecule has 2 heterocycles. The van der Waals surface area contributed by atoms with Crippen molar-refractivity contribution < 1.29 is 9.59 Å². The van der Waals surface area contributed by atoms with E-state index in [1.807, 2.05) is 0 Å². The van der Waals surface area contributed by atoms with Gasteiger partial charge in [0.1, 0.15) is 17.1 Å². The normalized spacial score (nSPS) is 9.88. The van der Waals surface area contributed by atoms with E-state index >= 15 is 0 Å². The molecule has 7 nitrogen and oxygen atoms in total. The topological polar surface area (TPSA) is 114 Å². The molecule has 2 aromatic heterocycles. The molecule has 0 saturated carbocycles. The monoisotopic (exact) mass is 231 g/mol. The Hall–Kier alpha value is -2.70. The number of aromatic amines is 1. The number of nitrogens with one attached hydrogen (secondary N) is 2. The minimum atomic E-state index is -0.671. The van der Waals surface area contributed by atoms with Crippen molar-refractivity contribution in [2.24, 2.45) is 5.73 Å². The number of carbonyl (C=O) groups is 2. The summed E-state index contributed by atoms with van der Waals surface area (Å²) < 4.78 is 0. The first-order chi connectivity index (χ1) is 8.18. The lowest BCUT2D eigenvalue weighted by atomic mass is 10.3. The Morgan fingerprint density at radius 3 is 2.82 bits per heavy atom. The van der Waals surface area contributed by atoms with E-state index in [9.17, 15) is 9.59 Å². The van der Waals surface area contributed by atoms with Crippen molar-refractivity contribution in [2.75, 3.05) is 5.32 Å². The van der Waals surface area contributed by atoms with Gasteiger partial charge in [0.05, 0.1) is 6.20 Å². The van der Waals surface area contributed by atoms with Gasteiger partial charge in [-0.3, -0.25) is 19.7 Å². The number of hydrogen-bond donors (Lipinski definition) is 3. The van der Waals surface area contributed by atoms with Crippen LogP contribution in [-0.2, 0) is 0 Å². The Kier molecular flexibility index (Phi) is 2.82. The maximum Gasteiger partial charge on any atom is 0.275 e. The lowest BCUT2D eigenvalue weighted by Gasteiger charge is -2.02. The second-order valence-corrected chi connectivity index (χ2v) is 3.19. The number of H-pyrrole nitrogens is 1. The van der Waals surface area contributed by atoms with Crippen LogP contribution in [0.2, 0.25) is 0 Å². The molecule has 0 aliphatic heterocycles. The Bertz CT molecular complexity index is 549. The van der Waals surface area contributed by atoms with Crippen molar-refractivity contribution in [3.8, 4) is 0 Å². The highest BCUT2D eigenvalue weighted by molar-refractivity contribution is 6.06. The number of pyridine rings is 1. The van der Waals surface area contributed by atoms with Crippen molar-refractivity contribution in [3.05, 3.63) is 41.9 Å². The Morgan fingerprint density at radius 2 is 2.18 bits per heavy atom.